The van der Waals surface area contributed by atoms with Crippen LogP contribution in [0.1, 0.15) is 44.7 Å². The van der Waals surface area contributed by atoms with Crippen LogP contribution in [0.25, 0.3) is 0 Å². The van der Waals surface area contributed by atoms with Gasteiger partial charge in [-0.3, -0.25) is 0 Å². The summed E-state index contributed by atoms with van der Waals surface area (Å²) < 4.78 is 0. The summed E-state index contributed by atoms with van der Waals surface area (Å²) in [6, 6.07) is 4.56. The minimum absolute atomic E-state index is 0.599. The van der Waals surface area contributed by atoms with Crippen LogP contribution in [0, 0.1) is 5.92 Å². The molecular formula is C13H21N3. The molecule has 16 heavy (non-hydrogen) atoms. The third kappa shape index (κ3) is 3.27. The Balaban J connectivity index is 1.76. The highest BCUT2D eigenvalue weighted by Gasteiger charge is 2.19. The molecular weight excluding hydrogens is 198 g/mol. The van der Waals surface area contributed by atoms with Gasteiger partial charge in [0.2, 0.25) is 0 Å². The molecule has 0 saturated heterocycles. The van der Waals surface area contributed by atoms with Gasteiger partial charge in [-0.15, -0.1) is 0 Å². The Hall–Kier alpha value is -0.960. The van der Waals surface area contributed by atoms with E-state index in [2.05, 4.69) is 22.4 Å². The quantitative estimate of drug-likeness (QED) is 0.845. The van der Waals surface area contributed by atoms with Crippen LogP contribution in [0.15, 0.2) is 18.3 Å². The Kier molecular flexibility index (Phi) is 4.28. The van der Waals surface area contributed by atoms with Crippen molar-refractivity contribution < 1.29 is 0 Å². The van der Waals surface area contributed by atoms with Crippen molar-refractivity contribution >= 4 is 0 Å². The van der Waals surface area contributed by atoms with Crippen molar-refractivity contribution in [2.75, 3.05) is 0 Å². The number of hydrogen-bond acceptors (Lipinski definition) is 3. The Morgan fingerprint density at radius 1 is 1.38 bits per heavy atom. The minimum atomic E-state index is 0.599. The van der Waals surface area contributed by atoms with Gasteiger partial charge in [0.05, 0.1) is 5.69 Å². The van der Waals surface area contributed by atoms with Gasteiger partial charge in [0.15, 0.2) is 0 Å². The molecule has 1 unspecified atom stereocenters. The first kappa shape index (κ1) is 11.5. The van der Waals surface area contributed by atoms with E-state index in [0.717, 1.165) is 18.2 Å². The van der Waals surface area contributed by atoms with E-state index in [0.29, 0.717) is 6.04 Å². The predicted octanol–water partition coefficient (Wildman–Crippen LogP) is 2.54. The van der Waals surface area contributed by atoms with Crippen molar-refractivity contribution in [3.8, 4) is 0 Å². The smallest absolute Gasteiger partial charge is 0.0769 e. The maximum Gasteiger partial charge on any atom is 0.0769 e. The number of rotatable bonds is 4. The van der Waals surface area contributed by atoms with Gasteiger partial charge < -0.3 is 5.32 Å². The minimum Gasteiger partial charge on any atom is -0.308 e. The predicted molar refractivity (Wildman–Crippen MR) is 64.9 cm³/mol. The summed E-state index contributed by atoms with van der Waals surface area (Å²) >= 11 is 0. The molecule has 0 aliphatic heterocycles. The number of nitrogens with one attached hydrogen (secondary N) is 1. The second-order valence-corrected chi connectivity index (χ2v) is 4.78. The fourth-order valence-electron chi connectivity index (χ4n) is 2.49. The molecule has 1 heterocycles. The number of nitrogens with zero attached hydrogens (tertiary/aromatic N) is 2. The van der Waals surface area contributed by atoms with E-state index in [1.54, 1.807) is 6.20 Å². The van der Waals surface area contributed by atoms with E-state index < -0.39 is 0 Å². The lowest BCUT2D eigenvalue weighted by molar-refractivity contribution is 0.280. The first-order valence-electron chi connectivity index (χ1n) is 6.36. The molecule has 1 atom stereocenters. The van der Waals surface area contributed by atoms with Crippen LogP contribution in [0.5, 0.6) is 0 Å². The van der Waals surface area contributed by atoms with Gasteiger partial charge in [0, 0.05) is 18.8 Å². The molecule has 88 valence electrons. The van der Waals surface area contributed by atoms with Gasteiger partial charge in [-0.05, 0) is 37.8 Å². The fraction of sp³-hybridized carbons (Fsp3) is 0.692. The molecule has 1 aromatic heterocycles. The lowest BCUT2D eigenvalue weighted by Gasteiger charge is -2.28. The average molecular weight is 219 g/mol. The van der Waals surface area contributed by atoms with Gasteiger partial charge in [-0.25, -0.2) is 0 Å². The summed E-state index contributed by atoms with van der Waals surface area (Å²) in [5.74, 6) is 0.852. The molecule has 0 aromatic carbocycles. The van der Waals surface area contributed by atoms with Crippen LogP contribution in [-0.2, 0) is 6.54 Å². The normalized spacial score (nSPS) is 19.6. The highest BCUT2D eigenvalue weighted by Crippen LogP contribution is 2.26. The summed E-state index contributed by atoms with van der Waals surface area (Å²) in [7, 11) is 0. The van der Waals surface area contributed by atoms with Crippen LogP contribution in [0.2, 0.25) is 0 Å². The molecule has 0 bridgehead atoms. The van der Waals surface area contributed by atoms with Gasteiger partial charge >= 0.3 is 0 Å². The first-order valence-corrected chi connectivity index (χ1v) is 6.36. The van der Waals surface area contributed by atoms with Crippen LogP contribution in [0.3, 0.4) is 0 Å². The van der Waals surface area contributed by atoms with Crippen molar-refractivity contribution in [1.29, 1.82) is 0 Å². The van der Waals surface area contributed by atoms with Gasteiger partial charge in [0.1, 0.15) is 0 Å². The summed E-state index contributed by atoms with van der Waals surface area (Å²) in [5.41, 5.74) is 1.03. The second-order valence-electron chi connectivity index (χ2n) is 4.78. The topological polar surface area (TPSA) is 37.8 Å². The Morgan fingerprint density at radius 3 is 2.88 bits per heavy atom. The van der Waals surface area contributed by atoms with Crippen LogP contribution in [-0.4, -0.2) is 16.2 Å². The van der Waals surface area contributed by atoms with E-state index in [1.165, 1.54) is 32.1 Å². The molecule has 1 aliphatic rings. The molecule has 1 fully saturated rings. The van der Waals surface area contributed by atoms with Crippen molar-refractivity contribution in [2.24, 2.45) is 5.92 Å². The molecule has 2 rings (SSSR count). The summed E-state index contributed by atoms with van der Waals surface area (Å²) in [6.07, 6.45) is 8.72. The molecule has 3 nitrogen and oxygen atoms in total. The molecule has 3 heteroatoms. The van der Waals surface area contributed by atoms with Crippen LogP contribution >= 0.6 is 0 Å². The summed E-state index contributed by atoms with van der Waals surface area (Å²) in [5, 5.41) is 11.5. The first-order chi connectivity index (χ1) is 7.86. The van der Waals surface area contributed by atoms with Crippen LogP contribution in [0.4, 0.5) is 0 Å². The fourth-order valence-corrected chi connectivity index (χ4v) is 2.49. The van der Waals surface area contributed by atoms with Crippen LogP contribution < -0.4 is 5.32 Å². The lowest BCUT2D eigenvalue weighted by atomic mass is 9.84. The third-order valence-corrected chi connectivity index (χ3v) is 3.59. The summed E-state index contributed by atoms with van der Waals surface area (Å²) in [6.45, 7) is 3.14. The van der Waals surface area contributed by atoms with E-state index in [1.807, 2.05) is 12.1 Å². The second kappa shape index (κ2) is 5.94. The molecule has 1 aromatic rings. The highest BCUT2D eigenvalue weighted by atomic mass is 15.1. The SMILES string of the molecule is CC(NCc1cccnn1)C1CCCCC1. The Labute approximate surface area is 97.7 Å². The zero-order valence-electron chi connectivity index (χ0n) is 10.0. The third-order valence-electron chi connectivity index (χ3n) is 3.59. The molecule has 0 amide bonds. The average Bonchev–Trinajstić information content (AvgIpc) is 2.38. The highest BCUT2D eigenvalue weighted by molar-refractivity contribution is 4.98. The largest absolute Gasteiger partial charge is 0.308 e. The van der Waals surface area contributed by atoms with Gasteiger partial charge in [0.25, 0.3) is 0 Å². The number of hydrogen-bond donors (Lipinski definition) is 1. The van der Waals surface area contributed by atoms with Gasteiger partial charge in [-0.1, -0.05) is 19.3 Å². The molecule has 0 spiro atoms. The van der Waals surface area contributed by atoms with E-state index in [9.17, 15) is 0 Å². The van der Waals surface area contributed by atoms with E-state index >= 15 is 0 Å². The maximum absolute atomic E-state index is 4.08. The lowest BCUT2D eigenvalue weighted by Crippen LogP contribution is -2.34. The number of aromatic nitrogens is 2. The van der Waals surface area contributed by atoms with Gasteiger partial charge in [-0.2, -0.15) is 10.2 Å². The standard InChI is InChI=1S/C13H21N3/c1-11(12-6-3-2-4-7-12)14-10-13-8-5-9-15-16-13/h5,8-9,11-12,14H,2-4,6-7,10H2,1H3. The Morgan fingerprint density at radius 2 is 2.19 bits per heavy atom. The Bertz CT molecular complexity index is 293. The van der Waals surface area contributed by atoms with E-state index in [-0.39, 0.29) is 0 Å². The van der Waals surface area contributed by atoms with Crippen molar-refractivity contribution in [3.05, 3.63) is 24.0 Å². The summed E-state index contributed by atoms with van der Waals surface area (Å²) in [4.78, 5) is 0. The van der Waals surface area contributed by atoms with Crippen molar-refractivity contribution in [3.63, 3.8) is 0 Å². The van der Waals surface area contributed by atoms with E-state index in [4.69, 9.17) is 0 Å². The van der Waals surface area contributed by atoms with Crippen molar-refractivity contribution in [2.45, 2.75) is 51.6 Å². The zero-order chi connectivity index (χ0) is 11.2. The zero-order valence-corrected chi connectivity index (χ0v) is 10.0. The monoisotopic (exact) mass is 219 g/mol. The maximum atomic E-state index is 4.08. The molecule has 1 saturated carbocycles. The molecule has 1 aliphatic carbocycles. The molecule has 1 N–H and O–H groups in total. The molecule has 0 radical (unpaired) electrons. The van der Waals surface area contributed by atoms with Crippen molar-refractivity contribution in [1.82, 2.24) is 15.5 Å².